The van der Waals surface area contributed by atoms with Crippen LogP contribution in [0.1, 0.15) is 51.0 Å². The SMILES string of the molecule is CCCNc1ccc(C(=O)NC(CC)C(C)C)nn1. The fourth-order valence-corrected chi connectivity index (χ4v) is 1.78. The number of anilines is 1. The van der Waals surface area contributed by atoms with Crippen molar-refractivity contribution in [2.24, 2.45) is 5.92 Å². The molecule has 1 amide bonds. The molecule has 0 aliphatic carbocycles. The molecule has 0 bridgehead atoms. The van der Waals surface area contributed by atoms with Crippen molar-refractivity contribution in [3.63, 3.8) is 0 Å². The number of aromatic nitrogens is 2. The van der Waals surface area contributed by atoms with Crippen molar-refractivity contribution in [2.75, 3.05) is 11.9 Å². The first-order valence-electron chi connectivity index (χ1n) is 6.96. The van der Waals surface area contributed by atoms with Crippen LogP contribution in [0, 0.1) is 5.92 Å². The molecular weight excluding hydrogens is 240 g/mol. The van der Waals surface area contributed by atoms with E-state index in [1.165, 1.54) is 0 Å². The van der Waals surface area contributed by atoms with Gasteiger partial charge in [-0.25, -0.2) is 0 Å². The minimum atomic E-state index is -0.157. The van der Waals surface area contributed by atoms with Crippen molar-refractivity contribution in [1.82, 2.24) is 15.5 Å². The summed E-state index contributed by atoms with van der Waals surface area (Å²) in [5.41, 5.74) is 0.362. The van der Waals surface area contributed by atoms with Gasteiger partial charge in [0.2, 0.25) is 0 Å². The second-order valence-corrected chi connectivity index (χ2v) is 4.96. The number of amides is 1. The van der Waals surface area contributed by atoms with Crippen LogP contribution in [0.4, 0.5) is 5.82 Å². The maximum absolute atomic E-state index is 12.0. The second-order valence-electron chi connectivity index (χ2n) is 4.96. The molecule has 1 heterocycles. The predicted octanol–water partition coefficient (Wildman–Crippen LogP) is 2.46. The second kappa shape index (κ2) is 7.71. The Morgan fingerprint density at radius 2 is 2.00 bits per heavy atom. The van der Waals surface area contributed by atoms with Gasteiger partial charge in [-0.2, -0.15) is 0 Å². The lowest BCUT2D eigenvalue weighted by Gasteiger charge is -2.20. The maximum Gasteiger partial charge on any atom is 0.272 e. The van der Waals surface area contributed by atoms with E-state index in [9.17, 15) is 4.79 Å². The molecular formula is C14H24N4O. The third-order valence-corrected chi connectivity index (χ3v) is 3.01. The molecule has 0 aliphatic heterocycles. The molecule has 0 aromatic carbocycles. The molecule has 106 valence electrons. The highest BCUT2D eigenvalue weighted by Crippen LogP contribution is 2.07. The van der Waals surface area contributed by atoms with Crippen LogP contribution in [-0.4, -0.2) is 28.7 Å². The van der Waals surface area contributed by atoms with E-state index in [1.807, 2.05) is 0 Å². The molecule has 1 atom stereocenters. The standard InChI is InChI=1S/C14H24N4O/c1-5-9-15-13-8-7-12(17-18-13)14(19)16-11(6-2)10(3)4/h7-8,10-11H,5-6,9H2,1-4H3,(H,15,18)(H,16,19). The summed E-state index contributed by atoms with van der Waals surface area (Å²) in [5, 5.41) is 14.1. The minimum absolute atomic E-state index is 0.157. The first-order valence-corrected chi connectivity index (χ1v) is 6.96. The zero-order valence-corrected chi connectivity index (χ0v) is 12.2. The van der Waals surface area contributed by atoms with Gasteiger partial charge in [0.25, 0.3) is 5.91 Å². The number of hydrogen-bond acceptors (Lipinski definition) is 4. The number of hydrogen-bond donors (Lipinski definition) is 2. The van der Waals surface area contributed by atoms with Crippen LogP contribution >= 0.6 is 0 Å². The number of carbonyl (C=O) groups excluding carboxylic acids is 1. The number of nitrogens with zero attached hydrogens (tertiary/aromatic N) is 2. The zero-order valence-electron chi connectivity index (χ0n) is 12.2. The quantitative estimate of drug-likeness (QED) is 0.794. The van der Waals surface area contributed by atoms with Gasteiger partial charge in [-0.1, -0.05) is 27.7 Å². The highest BCUT2D eigenvalue weighted by atomic mass is 16.2. The highest BCUT2D eigenvalue weighted by molar-refractivity contribution is 5.92. The largest absolute Gasteiger partial charge is 0.369 e. The molecule has 5 heteroatoms. The molecule has 1 aromatic rings. The van der Waals surface area contributed by atoms with E-state index >= 15 is 0 Å². The van der Waals surface area contributed by atoms with Crippen LogP contribution in [0.3, 0.4) is 0 Å². The molecule has 0 aliphatic rings. The molecule has 0 radical (unpaired) electrons. The smallest absolute Gasteiger partial charge is 0.272 e. The van der Waals surface area contributed by atoms with Crippen LogP contribution in [0.2, 0.25) is 0 Å². The molecule has 5 nitrogen and oxygen atoms in total. The fraction of sp³-hybridized carbons (Fsp3) is 0.643. The summed E-state index contributed by atoms with van der Waals surface area (Å²) in [6.07, 6.45) is 1.93. The Kier molecular flexibility index (Phi) is 6.25. The Hall–Kier alpha value is -1.65. The number of rotatable bonds is 7. The molecule has 0 saturated heterocycles. The third kappa shape index (κ3) is 4.85. The zero-order chi connectivity index (χ0) is 14.3. The normalized spacial score (nSPS) is 12.3. The Morgan fingerprint density at radius 3 is 2.47 bits per heavy atom. The third-order valence-electron chi connectivity index (χ3n) is 3.01. The summed E-state index contributed by atoms with van der Waals surface area (Å²) in [6.45, 7) is 9.19. The Bertz CT molecular complexity index is 389. The highest BCUT2D eigenvalue weighted by Gasteiger charge is 2.16. The molecule has 1 unspecified atom stereocenters. The van der Waals surface area contributed by atoms with E-state index < -0.39 is 0 Å². The first-order chi connectivity index (χ1) is 9.08. The average Bonchev–Trinajstić information content (AvgIpc) is 2.42. The van der Waals surface area contributed by atoms with Gasteiger partial charge in [0.1, 0.15) is 5.82 Å². The lowest BCUT2D eigenvalue weighted by Crippen LogP contribution is -2.38. The van der Waals surface area contributed by atoms with Crippen molar-refractivity contribution in [1.29, 1.82) is 0 Å². The Labute approximate surface area is 115 Å². The Balaban J connectivity index is 2.62. The van der Waals surface area contributed by atoms with Crippen molar-refractivity contribution >= 4 is 11.7 Å². The number of nitrogens with one attached hydrogen (secondary N) is 2. The molecule has 0 saturated carbocycles. The van der Waals surface area contributed by atoms with Crippen LogP contribution in [-0.2, 0) is 0 Å². The van der Waals surface area contributed by atoms with E-state index in [1.54, 1.807) is 12.1 Å². The van der Waals surface area contributed by atoms with E-state index in [4.69, 9.17) is 0 Å². The van der Waals surface area contributed by atoms with Gasteiger partial charge in [-0.05, 0) is 30.9 Å². The van der Waals surface area contributed by atoms with Crippen LogP contribution < -0.4 is 10.6 Å². The summed E-state index contributed by atoms with van der Waals surface area (Å²) >= 11 is 0. The van der Waals surface area contributed by atoms with E-state index in [0.717, 1.165) is 19.4 Å². The van der Waals surface area contributed by atoms with Crippen molar-refractivity contribution in [3.05, 3.63) is 17.8 Å². The molecule has 0 fully saturated rings. The van der Waals surface area contributed by atoms with E-state index in [2.05, 4.69) is 48.5 Å². The molecule has 2 N–H and O–H groups in total. The monoisotopic (exact) mass is 264 g/mol. The van der Waals surface area contributed by atoms with Gasteiger partial charge >= 0.3 is 0 Å². The lowest BCUT2D eigenvalue weighted by atomic mass is 10.0. The van der Waals surface area contributed by atoms with Gasteiger partial charge in [-0.3, -0.25) is 4.79 Å². The summed E-state index contributed by atoms with van der Waals surface area (Å²) < 4.78 is 0. The predicted molar refractivity (Wildman–Crippen MR) is 77.2 cm³/mol. The van der Waals surface area contributed by atoms with Gasteiger partial charge in [0.05, 0.1) is 0 Å². The molecule has 1 rings (SSSR count). The van der Waals surface area contributed by atoms with Crippen molar-refractivity contribution < 1.29 is 4.79 Å². The van der Waals surface area contributed by atoms with Crippen LogP contribution in [0.15, 0.2) is 12.1 Å². The van der Waals surface area contributed by atoms with Crippen molar-refractivity contribution in [3.8, 4) is 0 Å². The average molecular weight is 264 g/mol. The first kappa shape index (κ1) is 15.4. The van der Waals surface area contributed by atoms with Gasteiger partial charge < -0.3 is 10.6 Å². The maximum atomic E-state index is 12.0. The topological polar surface area (TPSA) is 66.9 Å². The minimum Gasteiger partial charge on any atom is -0.369 e. The summed E-state index contributed by atoms with van der Waals surface area (Å²) in [6, 6.07) is 3.66. The van der Waals surface area contributed by atoms with Crippen molar-refractivity contribution in [2.45, 2.75) is 46.6 Å². The summed E-state index contributed by atoms with van der Waals surface area (Å²) in [4.78, 5) is 12.0. The van der Waals surface area contributed by atoms with Gasteiger partial charge in [-0.15, -0.1) is 10.2 Å². The molecule has 19 heavy (non-hydrogen) atoms. The van der Waals surface area contributed by atoms with E-state index in [0.29, 0.717) is 17.4 Å². The summed E-state index contributed by atoms with van der Waals surface area (Å²) in [5.74, 6) is 0.955. The molecule has 0 spiro atoms. The lowest BCUT2D eigenvalue weighted by molar-refractivity contribution is 0.0918. The number of carbonyl (C=O) groups is 1. The van der Waals surface area contributed by atoms with Gasteiger partial charge in [0.15, 0.2) is 5.69 Å². The van der Waals surface area contributed by atoms with E-state index in [-0.39, 0.29) is 11.9 Å². The van der Waals surface area contributed by atoms with Crippen LogP contribution in [0.25, 0.3) is 0 Å². The summed E-state index contributed by atoms with van der Waals surface area (Å²) in [7, 11) is 0. The van der Waals surface area contributed by atoms with Crippen LogP contribution in [0.5, 0.6) is 0 Å². The molecule has 1 aromatic heterocycles. The fourth-order valence-electron chi connectivity index (χ4n) is 1.78. The van der Waals surface area contributed by atoms with Gasteiger partial charge in [0, 0.05) is 12.6 Å². The Morgan fingerprint density at radius 1 is 1.26 bits per heavy atom.